The average molecular weight is 1270 g/mol. The lowest BCUT2D eigenvalue weighted by Gasteiger charge is -2.47. The maximum Gasteiger partial charge on any atom is 0.0667 e. The first-order chi connectivity index (χ1) is 50.1. The number of aromatic nitrogens is 2. The van der Waals surface area contributed by atoms with E-state index in [2.05, 4.69) is 265 Å². The zero-order valence-electron chi connectivity index (χ0n) is 62.8. The van der Waals surface area contributed by atoms with Crippen molar-refractivity contribution in [1.82, 2.24) is 9.13 Å². The molecule has 1 aliphatic carbocycles. The second-order valence-corrected chi connectivity index (χ2v) is 29.9. The Balaban J connectivity index is 1.09. The maximum absolute atomic E-state index is 11.8. The molecular formula is C94H78N4. The molecule has 2 aromatic heterocycles. The minimum absolute atomic E-state index is 0.0209. The lowest BCUT2D eigenvalue weighted by molar-refractivity contribution is 0.589. The zero-order valence-corrected chi connectivity index (χ0v) is 56.8. The molecular weight excluding hydrogens is 1190 g/mol. The number of para-hydroxylation sites is 3. The third-order valence-electron chi connectivity index (χ3n) is 20.8. The van der Waals surface area contributed by atoms with Crippen molar-refractivity contribution in [2.75, 3.05) is 9.80 Å². The number of nitrogens with zero attached hydrogens (tertiary/aromatic N) is 4. The first-order valence-electron chi connectivity index (χ1n) is 37.4. The largest absolute Gasteiger partial charge is 0.313 e. The van der Waals surface area contributed by atoms with Crippen LogP contribution in [0.4, 0.5) is 34.1 Å². The Morgan fingerprint density at radius 3 is 1.10 bits per heavy atom. The summed E-state index contributed by atoms with van der Waals surface area (Å²) in [6.45, 7) is 20.3. The molecule has 3 aliphatic rings. The van der Waals surface area contributed by atoms with Gasteiger partial charge in [0.25, 0.3) is 0 Å². The van der Waals surface area contributed by atoms with E-state index < -0.39 is 11.3 Å². The standard InChI is InChI=1S/C94H78N4/c1-92(2,3)64-51-75(59-30-14-10-15-31-59)90(76(52-64)60-32-16-11-17-33-60)97-82-57-67(95-79-43-27-24-40-70(79)71-41-25-28-44-80(71)95)46-48-73(82)88-74-49-47-68(96-81-45-29-26-42-72(81)87-69-39-23-22-38-63(69)50-84(87)96)58-83(74)98(86-56-66(94(7,8)9)55-85(97)89(86)88)91-77(61-34-18-12-19-35-61)53-65(93(4,5)6)54-78(91)62-36-20-13-21-37-62/h10-49,51-58,88H,50H2,1-9H3/i46D,47D,48D,49D,57D,58D. The molecule has 2 aliphatic heterocycles. The highest BCUT2D eigenvalue weighted by Crippen LogP contribution is 2.65. The summed E-state index contributed by atoms with van der Waals surface area (Å²) in [5.74, 6) is -1.10. The van der Waals surface area contributed by atoms with Crippen LogP contribution in [0, 0.1) is 0 Å². The van der Waals surface area contributed by atoms with Gasteiger partial charge in [0, 0.05) is 78.9 Å². The minimum atomic E-state index is -1.10. The SMILES string of the molecule is [2H]c1c([2H])c(-n2c3c(c4ccccc42)-c2ccccc2C3)c([2H])c2c1C1c3c(cc(C(C)(C)C)cc3N(c3c(-c4ccccc4)cc(C(C)(C)C)cc3-c3ccccc3)c3c([2H])c(-n4c5ccccc5c5ccccc54)c([2H])c([2H])c31)N2c1c(-c2ccccc2)cc(C(C)(C)C)cc1-c1ccccc1. The van der Waals surface area contributed by atoms with Gasteiger partial charge in [-0.25, -0.2) is 0 Å². The molecule has 0 fully saturated rings. The summed E-state index contributed by atoms with van der Waals surface area (Å²) in [4.78, 5) is 4.58. The first kappa shape index (κ1) is 53.0. The van der Waals surface area contributed by atoms with Crippen LogP contribution in [-0.2, 0) is 22.7 Å². The highest BCUT2D eigenvalue weighted by atomic mass is 15.2. The Labute approximate surface area is 584 Å². The summed E-state index contributed by atoms with van der Waals surface area (Å²) in [6, 6.07) is 88.7. The summed E-state index contributed by atoms with van der Waals surface area (Å²) in [5.41, 5.74) is 21.8. The molecule has 4 nitrogen and oxygen atoms in total. The number of rotatable bonds is 8. The van der Waals surface area contributed by atoms with E-state index in [-0.39, 0.29) is 58.5 Å². The number of anilines is 6. The first-order valence-corrected chi connectivity index (χ1v) is 34.4. The van der Waals surface area contributed by atoms with Crippen molar-refractivity contribution >= 4 is 66.8 Å². The molecule has 98 heavy (non-hydrogen) atoms. The van der Waals surface area contributed by atoms with Crippen LogP contribution in [-0.4, -0.2) is 9.13 Å². The predicted molar refractivity (Wildman–Crippen MR) is 414 cm³/mol. The summed E-state index contributed by atoms with van der Waals surface area (Å²) in [5, 5.41) is 2.91. The Kier molecular flexibility index (Phi) is 12.0. The monoisotopic (exact) mass is 1270 g/mol. The fourth-order valence-electron chi connectivity index (χ4n) is 15.9. The van der Waals surface area contributed by atoms with Crippen molar-refractivity contribution in [2.24, 2.45) is 0 Å². The molecule has 0 radical (unpaired) electrons. The van der Waals surface area contributed by atoms with Crippen LogP contribution in [0.1, 0.15) is 121 Å². The maximum atomic E-state index is 11.8. The van der Waals surface area contributed by atoms with Crippen molar-refractivity contribution in [3.63, 3.8) is 0 Å². The molecule has 474 valence electrons. The van der Waals surface area contributed by atoms with E-state index in [9.17, 15) is 8.22 Å². The van der Waals surface area contributed by atoms with Crippen molar-refractivity contribution in [3.8, 4) is 67.0 Å². The Hall–Kier alpha value is -11.2. The van der Waals surface area contributed by atoms with Crippen LogP contribution < -0.4 is 9.80 Å². The van der Waals surface area contributed by atoms with Crippen molar-refractivity contribution in [2.45, 2.75) is 90.9 Å². The van der Waals surface area contributed by atoms with Crippen LogP contribution >= 0.6 is 0 Å². The third-order valence-corrected chi connectivity index (χ3v) is 20.8. The summed E-state index contributed by atoms with van der Waals surface area (Å²) in [7, 11) is 0. The lowest BCUT2D eigenvalue weighted by atomic mass is 9.73. The van der Waals surface area contributed by atoms with Gasteiger partial charge in [0.1, 0.15) is 0 Å². The minimum Gasteiger partial charge on any atom is -0.313 e. The van der Waals surface area contributed by atoms with Crippen LogP contribution in [0.15, 0.2) is 291 Å². The van der Waals surface area contributed by atoms with Gasteiger partial charge < -0.3 is 18.9 Å². The van der Waals surface area contributed by atoms with E-state index in [1.165, 1.54) is 0 Å². The van der Waals surface area contributed by atoms with E-state index in [1.54, 1.807) is 0 Å². The summed E-state index contributed by atoms with van der Waals surface area (Å²) < 4.78 is 72.3. The average Bonchev–Trinajstić information content (AvgIpc) is 0.705. The van der Waals surface area contributed by atoms with E-state index >= 15 is 0 Å². The van der Waals surface area contributed by atoms with Crippen LogP contribution in [0.5, 0.6) is 0 Å². The van der Waals surface area contributed by atoms with Crippen molar-refractivity contribution in [1.29, 1.82) is 0 Å². The van der Waals surface area contributed by atoms with E-state index in [0.717, 1.165) is 145 Å². The molecule has 4 heteroatoms. The summed E-state index contributed by atoms with van der Waals surface area (Å²) >= 11 is 0. The molecule has 0 amide bonds. The lowest BCUT2D eigenvalue weighted by Crippen LogP contribution is -2.31. The molecule has 15 aromatic rings. The molecule has 4 heterocycles. The summed E-state index contributed by atoms with van der Waals surface area (Å²) in [6.07, 6.45) is 0.548. The number of fused-ring (bicyclic) bond motifs is 12. The van der Waals surface area contributed by atoms with Gasteiger partial charge in [-0.15, -0.1) is 0 Å². The van der Waals surface area contributed by atoms with Crippen LogP contribution in [0.3, 0.4) is 0 Å². The molecule has 1 atom stereocenters. The highest BCUT2D eigenvalue weighted by Gasteiger charge is 2.45. The topological polar surface area (TPSA) is 16.3 Å². The van der Waals surface area contributed by atoms with E-state index in [1.807, 2.05) is 71.3 Å². The van der Waals surface area contributed by atoms with Crippen LogP contribution in [0.2, 0.25) is 0 Å². The molecule has 0 spiro atoms. The molecule has 13 aromatic carbocycles. The fourth-order valence-corrected chi connectivity index (χ4v) is 15.9. The number of hydrogen-bond acceptors (Lipinski definition) is 2. The molecule has 0 bridgehead atoms. The Morgan fingerprint density at radius 2 is 0.684 bits per heavy atom. The van der Waals surface area contributed by atoms with Crippen LogP contribution in [0.25, 0.3) is 99.7 Å². The van der Waals surface area contributed by atoms with Gasteiger partial charge in [-0.1, -0.05) is 275 Å². The smallest absolute Gasteiger partial charge is 0.0667 e. The van der Waals surface area contributed by atoms with E-state index in [0.29, 0.717) is 28.9 Å². The van der Waals surface area contributed by atoms with Gasteiger partial charge in [-0.2, -0.15) is 0 Å². The molecule has 0 N–H and O–H groups in total. The Morgan fingerprint density at radius 1 is 0.337 bits per heavy atom. The fraction of sp³-hybridized carbons (Fsp3) is 0.149. The molecule has 1 unspecified atom stereocenters. The zero-order chi connectivity index (χ0) is 71.7. The number of benzene rings is 13. The quantitative estimate of drug-likeness (QED) is 0.151. The van der Waals surface area contributed by atoms with Gasteiger partial charge >= 0.3 is 0 Å². The molecule has 0 saturated heterocycles. The van der Waals surface area contributed by atoms with Gasteiger partial charge in [0.05, 0.1) is 58.9 Å². The second-order valence-electron chi connectivity index (χ2n) is 29.9. The van der Waals surface area contributed by atoms with Gasteiger partial charge in [-0.05, 0) is 156 Å². The van der Waals surface area contributed by atoms with Gasteiger partial charge in [-0.3, -0.25) is 0 Å². The predicted octanol–water partition coefficient (Wildman–Crippen LogP) is 25.6. The van der Waals surface area contributed by atoms with E-state index in [4.69, 9.17) is 0 Å². The molecule has 18 rings (SSSR count). The normalized spacial score (nSPS) is 14.8. The van der Waals surface area contributed by atoms with Crippen molar-refractivity contribution in [3.05, 3.63) is 336 Å². The highest BCUT2D eigenvalue weighted by molar-refractivity contribution is 6.11. The third kappa shape index (κ3) is 9.32. The Bertz CT molecular complexity index is 5920. The van der Waals surface area contributed by atoms with Crippen molar-refractivity contribution < 1.29 is 8.22 Å². The van der Waals surface area contributed by atoms with Gasteiger partial charge in [0.2, 0.25) is 0 Å². The van der Waals surface area contributed by atoms with Gasteiger partial charge in [0.15, 0.2) is 0 Å². The molecule has 0 saturated carbocycles. The second kappa shape index (κ2) is 22.2. The number of hydrogen-bond donors (Lipinski definition) is 0.